The lowest BCUT2D eigenvalue weighted by Gasteiger charge is -2.44. The summed E-state index contributed by atoms with van der Waals surface area (Å²) >= 11 is 0. The van der Waals surface area contributed by atoms with Crippen LogP contribution in [0.5, 0.6) is 0 Å². The molecule has 0 aromatic rings. The Balaban J connectivity index is 1.95. The lowest BCUT2D eigenvalue weighted by atomic mass is 9.76. The van der Waals surface area contributed by atoms with Crippen molar-refractivity contribution in [2.45, 2.75) is 51.5 Å². The standard InChI is InChI=1S/C16H29NO3/c1-3-12-4-5-14(16(18)19)15(10-12)17-8-6-13(7-9-17)11-20-2/h12-15H,3-11H2,1-2H3,(H,18,19). The molecule has 0 radical (unpaired) electrons. The molecule has 4 nitrogen and oxygen atoms in total. The monoisotopic (exact) mass is 283 g/mol. The summed E-state index contributed by atoms with van der Waals surface area (Å²) in [4.78, 5) is 14.0. The van der Waals surface area contributed by atoms with Gasteiger partial charge in [0.05, 0.1) is 5.92 Å². The number of methoxy groups -OCH3 is 1. The Kier molecular flexibility index (Phi) is 5.85. The number of carboxylic acid groups (broad SMARTS) is 1. The molecule has 3 unspecified atom stereocenters. The number of piperidine rings is 1. The second kappa shape index (κ2) is 7.41. The lowest BCUT2D eigenvalue weighted by molar-refractivity contribution is -0.146. The fraction of sp³-hybridized carbons (Fsp3) is 0.938. The topological polar surface area (TPSA) is 49.8 Å². The Morgan fingerprint density at radius 3 is 2.45 bits per heavy atom. The van der Waals surface area contributed by atoms with Gasteiger partial charge < -0.3 is 9.84 Å². The molecule has 116 valence electrons. The Morgan fingerprint density at radius 2 is 1.90 bits per heavy atom. The van der Waals surface area contributed by atoms with Crippen LogP contribution in [0.15, 0.2) is 0 Å². The van der Waals surface area contributed by atoms with Crippen LogP contribution in [0, 0.1) is 17.8 Å². The van der Waals surface area contributed by atoms with Crippen molar-refractivity contribution in [3.8, 4) is 0 Å². The predicted octanol–water partition coefficient (Wildman–Crippen LogP) is 2.62. The van der Waals surface area contributed by atoms with Crippen molar-refractivity contribution >= 4 is 5.97 Å². The van der Waals surface area contributed by atoms with Gasteiger partial charge in [0.1, 0.15) is 0 Å². The first-order valence-electron chi connectivity index (χ1n) is 8.11. The van der Waals surface area contributed by atoms with E-state index in [1.165, 1.54) is 6.42 Å². The molecule has 1 N–H and O–H groups in total. The normalized spacial score (nSPS) is 33.2. The van der Waals surface area contributed by atoms with Crippen LogP contribution in [-0.4, -0.2) is 48.8 Å². The predicted molar refractivity (Wildman–Crippen MR) is 78.7 cm³/mol. The number of carboxylic acids is 1. The van der Waals surface area contributed by atoms with Gasteiger partial charge in [0, 0.05) is 19.8 Å². The average Bonchev–Trinajstić information content (AvgIpc) is 2.47. The molecule has 1 saturated carbocycles. The summed E-state index contributed by atoms with van der Waals surface area (Å²) in [5.74, 6) is 0.623. The highest BCUT2D eigenvalue weighted by Crippen LogP contribution is 2.36. The van der Waals surface area contributed by atoms with Gasteiger partial charge in [-0.3, -0.25) is 9.69 Å². The maximum absolute atomic E-state index is 11.5. The molecule has 4 heteroatoms. The molecule has 2 fully saturated rings. The lowest BCUT2D eigenvalue weighted by Crippen LogP contribution is -2.50. The number of nitrogens with zero attached hydrogens (tertiary/aromatic N) is 1. The maximum Gasteiger partial charge on any atom is 0.308 e. The van der Waals surface area contributed by atoms with E-state index in [1.807, 2.05) is 0 Å². The average molecular weight is 283 g/mol. The molecule has 1 aliphatic carbocycles. The number of hydrogen-bond donors (Lipinski definition) is 1. The molecular formula is C16H29NO3. The van der Waals surface area contributed by atoms with Crippen LogP contribution in [0.4, 0.5) is 0 Å². The van der Waals surface area contributed by atoms with E-state index in [2.05, 4.69) is 11.8 Å². The van der Waals surface area contributed by atoms with Crippen molar-refractivity contribution in [2.24, 2.45) is 17.8 Å². The Hall–Kier alpha value is -0.610. The van der Waals surface area contributed by atoms with Gasteiger partial charge in [-0.15, -0.1) is 0 Å². The highest BCUT2D eigenvalue weighted by atomic mass is 16.5. The maximum atomic E-state index is 11.5. The molecule has 0 bridgehead atoms. The minimum atomic E-state index is -0.594. The van der Waals surface area contributed by atoms with Crippen molar-refractivity contribution in [2.75, 3.05) is 26.8 Å². The van der Waals surface area contributed by atoms with Crippen molar-refractivity contribution in [3.63, 3.8) is 0 Å². The summed E-state index contributed by atoms with van der Waals surface area (Å²) in [6, 6.07) is 0.259. The van der Waals surface area contributed by atoms with Gasteiger partial charge in [-0.1, -0.05) is 13.3 Å². The first kappa shape index (κ1) is 15.8. The van der Waals surface area contributed by atoms with Crippen molar-refractivity contribution in [1.82, 2.24) is 4.90 Å². The van der Waals surface area contributed by atoms with Gasteiger partial charge in [-0.05, 0) is 57.0 Å². The van der Waals surface area contributed by atoms with Gasteiger partial charge in [0.2, 0.25) is 0 Å². The minimum Gasteiger partial charge on any atom is -0.481 e. The van der Waals surface area contributed by atoms with Gasteiger partial charge in [-0.2, -0.15) is 0 Å². The van der Waals surface area contributed by atoms with Gasteiger partial charge >= 0.3 is 5.97 Å². The fourth-order valence-electron chi connectivity index (χ4n) is 3.98. The van der Waals surface area contributed by atoms with E-state index in [1.54, 1.807) is 7.11 Å². The van der Waals surface area contributed by atoms with E-state index in [9.17, 15) is 9.90 Å². The number of ether oxygens (including phenoxy) is 1. The van der Waals surface area contributed by atoms with Gasteiger partial charge in [-0.25, -0.2) is 0 Å². The first-order valence-corrected chi connectivity index (χ1v) is 8.11. The van der Waals surface area contributed by atoms with Crippen molar-refractivity contribution in [1.29, 1.82) is 0 Å². The van der Waals surface area contributed by atoms with E-state index in [0.717, 1.165) is 51.8 Å². The largest absolute Gasteiger partial charge is 0.481 e. The number of likely N-dealkylation sites (tertiary alicyclic amines) is 1. The number of rotatable bonds is 5. The summed E-state index contributed by atoms with van der Waals surface area (Å²) in [5, 5.41) is 9.49. The van der Waals surface area contributed by atoms with Crippen LogP contribution in [0.1, 0.15) is 45.4 Å². The highest BCUT2D eigenvalue weighted by Gasteiger charge is 2.38. The van der Waals surface area contributed by atoms with Crippen LogP contribution in [0.2, 0.25) is 0 Å². The molecular weight excluding hydrogens is 254 g/mol. The quantitative estimate of drug-likeness (QED) is 0.842. The van der Waals surface area contributed by atoms with E-state index >= 15 is 0 Å². The molecule has 0 amide bonds. The fourth-order valence-corrected chi connectivity index (χ4v) is 3.98. The summed E-state index contributed by atoms with van der Waals surface area (Å²) < 4.78 is 5.24. The SMILES string of the molecule is CCC1CCC(C(=O)O)C(N2CCC(COC)CC2)C1. The van der Waals surface area contributed by atoms with Crippen LogP contribution >= 0.6 is 0 Å². The van der Waals surface area contributed by atoms with Gasteiger partial charge in [0.25, 0.3) is 0 Å². The third kappa shape index (κ3) is 3.73. The molecule has 0 aromatic heterocycles. The van der Waals surface area contributed by atoms with E-state index in [0.29, 0.717) is 11.8 Å². The van der Waals surface area contributed by atoms with Crippen LogP contribution in [-0.2, 0) is 9.53 Å². The summed E-state index contributed by atoms with van der Waals surface area (Å²) in [5.41, 5.74) is 0. The van der Waals surface area contributed by atoms with E-state index < -0.39 is 5.97 Å². The zero-order valence-corrected chi connectivity index (χ0v) is 12.9. The molecule has 20 heavy (non-hydrogen) atoms. The minimum absolute atomic E-state index is 0.156. The zero-order valence-electron chi connectivity index (χ0n) is 12.9. The third-order valence-electron chi connectivity index (χ3n) is 5.34. The second-order valence-electron chi connectivity index (χ2n) is 6.53. The second-order valence-corrected chi connectivity index (χ2v) is 6.53. The van der Waals surface area contributed by atoms with Crippen molar-refractivity contribution in [3.05, 3.63) is 0 Å². The Morgan fingerprint density at radius 1 is 1.20 bits per heavy atom. The molecule has 2 aliphatic rings. The number of carbonyl (C=O) groups is 1. The zero-order chi connectivity index (χ0) is 14.5. The third-order valence-corrected chi connectivity index (χ3v) is 5.34. The first-order chi connectivity index (χ1) is 9.65. The summed E-state index contributed by atoms with van der Waals surface area (Å²) in [7, 11) is 1.76. The van der Waals surface area contributed by atoms with E-state index in [-0.39, 0.29) is 12.0 Å². The van der Waals surface area contributed by atoms with E-state index in [4.69, 9.17) is 4.74 Å². The molecule has 1 heterocycles. The van der Waals surface area contributed by atoms with Crippen LogP contribution in [0.3, 0.4) is 0 Å². The molecule has 0 aromatic carbocycles. The van der Waals surface area contributed by atoms with Gasteiger partial charge in [0.15, 0.2) is 0 Å². The smallest absolute Gasteiger partial charge is 0.308 e. The highest BCUT2D eigenvalue weighted by molar-refractivity contribution is 5.71. The van der Waals surface area contributed by atoms with Crippen LogP contribution in [0.25, 0.3) is 0 Å². The number of hydrogen-bond acceptors (Lipinski definition) is 3. The molecule has 1 saturated heterocycles. The molecule has 3 atom stereocenters. The Labute approximate surface area is 122 Å². The number of aliphatic carboxylic acids is 1. The summed E-state index contributed by atoms with van der Waals surface area (Å²) in [6.07, 6.45) is 6.49. The van der Waals surface area contributed by atoms with Crippen molar-refractivity contribution < 1.29 is 14.6 Å². The molecule has 2 rings (SSSR count). The summed E-state index contributed by atoms with van der Waals surface area (Å²) in [6.45, 7) is 5.16. The molecule has 0 spiro atoms. The Bertz CT molecular complexity index is 313. The molecule has 1 aliphatic heterocycles. The van der Waals surface area contributed by atoms with Crippen LogP contribution < -0.4 is 0 Å².